The van der Waals surface area contributed by atoms with Gasteiger partial charge in [0.05, 0.1) is 106 Å². The average molecular weight is 2050 g/mol. The van der Waals surface area contributed by atoms with Crippen LogP contribution in [0.3, 0.4) is 0 Å². The van der Waals surface area contributed by atoms with Crippen LogP contribution in [0.25, 0.3) is 0 Å². The first-order valence-electron chi connectivity index (χ1n) is 33.5. The Hall–Kier alpha value is -3.98. The zero-order valence-electron chi connectivity index (χ0n) is 61.7. The summed E-state index contributed by atoms with van der Waals surface area (Å²) >= 11 is 34.0. The summed E-state index contributed by atoms with van der Waals surface area (Å²) in [5.74, 6) is 12.8. The van der Waals surface area contributed by atoms with Gasteiger partial charge >= 0.3 is 35.8 Å². The Morgan fingerprint density at radius 3 is 0.975 bits per heavy atom. The molecule has 0 amide bonds. The number of thiophene rings is 10. The Kier molecular flexibility index (Phi) is 69.9. The second-order valence-electron chi connectivity index (χ2n) is 22.4. The number of hydrogen-bond acceptors (Lipinski definition) is 36. The van der Waals surface area contributed by atoms with E-state index >= 15 is 0 Å². The highest BCUT2D eigenvalue weighted by Gasteiger charge is 2.23. The second-order valence-corrected chi connectivity index (χ2v) is 43.2. The highest BCUT2D eigenvalue weighted by molar-refractivity contribution is 8.17. The molecule has 0 aliphatic carbocycles. The molecule has 668 valence electrons. The van der Waals surface area contributed by atoms with E-state index in [-0.39, 0.29) is 103 Å². The van der Waals surface area contributed by atoms with Crippen LogP contribution in [0.15, 0.2) is 143 Å². The van der Waals surface area contributed by atoms with Gasteiger partial charge in [-0.05, 0) is 147 Å². The van der Waals surface area contributed by atoms with Gasteiger partial charge in [-0.2, -0.15) is 22.7 Å². The fraction of sp³-hybridized carbons (Fsp3) is 0.386. The van der Waals surface area contributed by atoms with E-state index in [9.17, 15) is 52.7 Å². The van der Waals surface area contributed by atoms with Gasteiger partial charge in [0.2, 0.25) is 0 Å². The van der Waals surface area contributed by atoms with Crippen LogP contribution in [0.2, 0.25) is 0 Å². The summed E-state index contributed by atoms with van der Waals surface area (Å²) < 4.78 is 18.3. The van der Waals surface area contributed by atoms with Crippen molar-refractivity contribution in [3.05, 3.63) is 221 Å². The third kappa shape index (κ3) is 48.1. The zero-order chi connectivity index (χ0) is 82.1. The lowest BCUT2D eigenvalue weighted by atomic mass is 10.2. The summed E-state index contributed by atoms with van der Waals surface area (Å²) in [6.45, 7) is 0. The number of Topliss-reactive ketones (excluding diaryl/α,β-unsaturated/α-hetero) is 5. The number of methoxy groups -OCH3 is 4. The van der Waals surface area contributed by atoms with Crippen molar-refractivity contribution in [3.63, 3.8) is 0 Å². The van der Waals surface area contributed by atoms with E-state index in [1.807, 2.05) is 126 Å². The number of ether oxygens (including phenoxy) is 4. The maximum Gasteiger partial charge on any atom is 0.315 e. The van der Waals surface area contributed by atoms with Crippen LogP contribution in [-0.2, 0) is 99.5 Å². The molecule has 0 atom stereocenters. The number of carbonyl (C=O) groups is 11. The Bertz CT molecular complexity index is 4010. The van der Waals surface area contributed by atoms with Crippen LogP contribution in [0, 0.1) is 0 Å². The van der Waals surface area contributed by atoms with Crippen LogP contribution in [0.5, 0.6) is 0 Å². The lowest BCUT2D eigenvalue weighted by molar-refractivity contribution is -0.138. The molecule has 10 aromatic rings. The summed E-state index contributed by atoms with van der Waals surface area (Å²) in [6, 6.07) is 26.0. The quantitative estimate of drug-likeness (QED) is 0.0342. The molecule has 15 heterocycles. The SMILES string of the molecule is C.C.C.C.C.C.C.COC(=O)CSC(SCC(=O)OC)c1cccs1.COC(=O)CSCc1cccs1.COC(=O)CSCc1ccsc1.O=C(O)CSCc1cccs1.O=C(O)CSCc1ccsc1.O=C1CSCc2ccsc21.O=C1CSCc2ccsc21.O=C1CSCc2sccc21.O=C1CSCc2sccc21.O=C1CSCc2sccc21. The summed E-state index contributed by atoms with van der Waals surface area (Å²) in [4.78, 5) is 129. The Balaban J connectivity index is 0. The van der Waals surface area contributed by atoms with E-state index in [1.54, 1.807) is 196 Å². The molecule has 121 heavy (non-hydrogen) atoms. The van der Waals surface area contributed by atoms with Gasteiger partial charge in [0, 0.05) is 97.7 Å². The summed E-state index contributed by atoms with van der Waals surface area (Å²) in [5.41, 5.74) is 7.82. The van der Waals surface area contributed by atoms with Crippen molar-refractivity contribution in [2.24, 2.45) is 0 Å². The highest BCUT2D eigenvalue weighted by Crippen LogP contribution is 2.42. The molecular weight excluding hydrogens is 1940 g/mol. The molecule has 10 aromatic heterocycles. The molecule has 0 aromatic carbocycles. The number of aliphatic carboxylic acids is 2. The summed E-state index contributed by atoms with van der Waals surface area (Å²) in [7, 11) is 5.55. The fourth-order valence-electron chi connectivity index (χ4n) is 8.75. The van der Waals surface area contributed by atoms with Crippen molar-refractivity contribution in [2.45, 2.75) is 108 Å². The normalized spacial score (nSPS) is 12.3. The average Bonchev–Trinajstić information content (AvgIpc) is 1.75. The monoisotopic (exact) mass is 2050 g/mol. The van der Waals surface area contributed by atoms with Gasteiger partial charge in [-0.3, -0.25) is 52.7 Å². The number of ketones is 5. The molecule has 0 saturated carbocycles. The van der Waals surface area contributed by atoms with Crippen LogP contribution in [0.4, 0.5) is 0 Å². The molecule has 17 nitrogen and oxygen atoms in total. The first-order chi connectivity index (χ1) is 55.3. The smallest absolute Gasteiger partial charge is 0.315 e. The molecule has 0 unspecified atom stereocenters. The Morgan fingerprint density at radius 1 is 0.339 bits per heavy atom. The predicted octanol–water partition coefficient (Wildman–Crippen LogP) is 26.3. The van der Waals surface area contributed by atoms with Crippen molar-refractivity contribution in [1.82, 2.24) is 0 Å². The van der Waals surface area contributed by atoms with Gasteiger partial charge in [-0.1, -0.05) is 70.2 Å². The van der Waals surface area contributed by atoms with Gasteiger partial charge in [0.1, 0.15) is 0 Å². The third-order valence-electron chi connectivity index (χ3n) is 14.1. The van der Waals surface area contributed by atoms with Gasteiger partial charge in [-0.25, -0.2) is 0 Å². The Morgan fingerprint density at radius 2 is 0.661 bits per heavy atom. The van der Waals surface area contributed by atoms with Gasteiger partial charge in [0.15, 0.2) is 28.9 Å². The van der Waals surface area contributed by atoms with E-state index in [1.165, 1.54) is 122 Å². The largest absolute Gasteiger partial charge is 0.481 e. The van der Waals surface area contributed by atoms with Gasteiger partial charge < -0.3 is 29.2 Å². The molecule has 38 heteroatoms. The van der Waals surface area contributed by atoms with Crippen LogP contribution in [-0.4, -0.2) is 167 Å². The van der Waals surface area contributed by atoms with Crippen LogP contribution < -0.4 is 0 Å². The molecule has 0 bridgehead atoms. The molecule has 0 radical (unpaired) electrons. The minimum Gasteiger partial charge on any atom is -0.481 e. The second kappa shape index (κ2) is 71.0. The number of fused-ring (bicyclic) bond motifs is 5. The molecule has 5 aliphatic heterocycles. The van der Waals surface area contributed by atoms with Crippen LogP contribution in [0.1, 0.15) is 159 Å². The minimum atomic E-state index is -0.745. The molecule has 2 N–H and O–H groups in total. The van der Waals surface area contributed by atoms with E-state index < -0.39 is 11.9 Å². The number of esters is 4. The number of thioether (sulfide) groups is 11. The summed E-state index contributed by atoms with van der Waals surface area (Å²) in [6.07, 6.45) is 0. The van der Waals surface area contributed by atoms with Crippen molar-refractivity contribution < 1.29 is 81.9 Å². The molecular formula is C83H108O17S21. The zero-order valence-corrected chi connectivity index (χ0v) is 78.9. The molecule has 0 fully saturated rings. The number of rotatable bonds is 23. The number of carbonyl (C=O) groups excluding carboxylic acids is 9. The first kappa shape index (κ1) is 119. The highest BCUT2D eigenvalue weighted by atomic mass is 32.2. The number of carboxylic acids is 2. The molecule has 5 aliphatic rings. The van der Waals surface area contributed by atoms with E-state index in [0.717, 1.165) is 83.1 Å². The van der Waals surface area contributed by atoms with Gasteiger partial charge in [0.25, 0.3) is 0 Å². The van der Waals surface area contributed by atoms with E-state index in [2.05, 4.69) is 36.5 Å². The predicted molar refractivity (Wildman–Crippen MR) is 548 cm³/mol. The molecule has 15 rings (SSSR count). The van der Waals surface area contributed by atoms with Gasteiger partial charge in [-0.15, -0.1) is 220 Å². The maximum atomic E-state index is 11.1. The van der Waals surface area contributed by atoms with Crippen molar-refractivity contribution in [1.29, 1.82) is 0 Å². The number of carboxylic acid groups (broad SMARTS) is 2. The minimum absolute atomic E-state index is 0. The summed E-state index contributed by atoms with van der Waals surface area (Å²) in [5, 5.41) is 40.8. The maximum absolute atomic E-state index is 11.1. The fourth-order valence-corrected chi connectivity index (χ4v) is 28.3. The Labute approximate surface area is 801 Å². The molecule has 0 saturated heterocycles. The first-order valence-corrected chi connectivity index (χ1v) is 54.9. The van der Waals surface area contributed by atoms with Crippen molar-refractivity contribution in [3.8, 4) is 0 Å². The van der Waals surface area contributed by atoms with Crippen LogP contribution >= 0.6 is 243 Å². The van der Waals surface area contributed by atoms with Crippen molar-refractivity contribution >= 4 is 307 Å². The third-order valence-corrected chi connectivity index (χ3v) is 35.7. The van der Waals surface area contributed by atoms with E-state index in [4.69, 9.17) is 10.2 Å². The van der Waals surface area contributed by atoms with E-state index in [0.29, 0.717) is 69.2 Å². The number of hydrogen-bond donors (Lipinski definition) is 2. The van der Waals surface area contributed by atoms with Crippen molar-refractivity contribution in [2.75, 3.05) is 91.7 Å². The topological polar surface area (TPSA) is 265 Å². The standard InChI is InChI=1S/C11H14O4S3.2C8H10O2S2.2C7H8O2S2.5C7H6OS2.7CH4/c1-14-9(12)6-17-11(8-4-3-5-16-8)18-7-10(13)15-2;1-10-8(9)6-12-5-7-2-3-11-4-7;1-10-8(9)6-11-5-7-3-2-4-12-7;8-7(9)5-11-4-6-1-2-10-3-6;8-7(9)5-10-4-6-2-1-3-11-6;3*8-6-3-9-4-7-5(6)1-2-10-7;2*8-6-4-9-3-5-1-2-10-7(5)6;;;;;;;/h3-5,11H,6-7H2,1-2H3;2*2-4H,5-6H2,1H3;2*1-3H,4-5H2,(H,8,9);5*1-2H,3-4H2;7*1H4. The molecule has 0 spiro atoms. The lowest BCUT2D eigenvalue weighted by Crippen LogP contribution is -2.08. The lowest BCUT2D eigenvalue weighted by Gasteiger charge is -2.13.